The summed E-state index contributed by atoms with van der Waals surface area (Å²) in [5, 5.41) is 18.5. The van der Waals surface area contributed by atoms with Gasteiger partial charge in [0.25, 0.3) is 0 Å². The third kappa shape index (κ3) is 3.35. The molecule has 0 aliphatic rings. The molecule has 7 nitrogen and oxygen atoms in total. The minimum Gasteiger partial charge on any atom is -0.392 e. The van der Waals surface area contributed by atoms with Gasteiger partial charge in [0.1, 0.15) is 11.3 Å². The number of imidazole rings is 1. The molecule has 3 aromatic heterocycles. The number of pyridine rings is 2. The molecule has 0 amide bonds. The zero-order valence-corrected chi connectivity index (χ0v) is 17.0. The molecular weight excluding hydrogens is 400 g/mol. The lowest BCUT2D eigenvalue weighted by Crippen LogP contribution is -2.02. The first kappa shape index (κ1) is 19.4. The number of rotatable bonds is 4. The van der Waals surface area contributed by atoms with E-state index in [1.807, 2.05) is 65.2 Å². The lowest BCUT2D eigenvalue weighted by atomic mass is 10.1. The number of nitrogens with two attached hydrogens (primary N) is 1. The van der Waals surface area contributed by atoms with Gasteiger partial charge in [-0.2, -0.15) is 5.26 Å². The zero-order valence-electron chi connectivity index (χ0n) is 17.0. The van der Waals surface area contributed by atoms with Crippen LogP contribution in [0.15, 0.2) is 79.0 Å². The van der Waals surface area contributed by atoms with E-state index in [-0.39, 0.29) is 6.61 Å². The lowest BCUT2D eigenvalue weighted by molar-refractivity contribution is 0.282. The highest BCUT2D eigenvalue weighted by molar-refractivity contribution is 5.84. The van der Waals surface area contributed by atoms with E-state index in [1.165, 1.54) is 0 Å². The van der Waals surface area contributed by atoms with Crippen LogP contribution >= 0.6 is 0 Å². The van der Waals surface area contributed by atoms with Crippen molar-refractivity contribution < 1.29 is 5.11 Å². The van der Waals surface area contributed by atoms with Crippen molar-refractivity contribution in [3.05, 3.63) is 90.1 Å². The van der Waals surface area contributed by atoms with Gasteiger partial charge in [-0.25, -0.2) is 15.0 Å². The number of anilines is 1. The predicted octanol–water partition coefficient (Wildman–Crippen LogP) is 4.10. The Hall–Kier alpha value is -4.54. The second-order valence-corrected chi connectivity index (χ2v) is 7.26. The molecule has 0 saturated heterocycles. The fourth-order valence-electron chi connectivity index (χ4n) is 3.62. The maximum Gasteiger partial charge on any atom is 0.165 e. The fourth-order valence-corrected chi connectivity index (χ4v) is 3.62. The molecule has 5 rings (SSSR count). The second kappa shape index (κ2) is 7.95. The van der Waals surface area contributed by atoms with Gasteiger partial charge in [0, 0.05) is 17.4 Å². The highest BCUT2D eigenvalue weighted by Gasteiger charge is 2.18. The molecule has 3 heterocycles. The maximum absolute atomic E-state index is 9.42. The molecule has 0 atom stereocenters. The Labute approximate surface area is 184 Å². The highest BCUT2D eigenvalue weighted by Crippen LogP contribution is 2.31. The molecule has 7 heteroatoms. The van der Waals surface area contributed by atoms with Crippen LogP contribution in [-0.2, 0) is 6.61 Å². The average Bonchev–Trinajstić information content (AvgIpc) is 3.23. The van der Waals surface area contributed by atoms with Crippen molar-refractivity contribution in [1.82, 2.24) is 19.5 Å². The highest BCUT2D eigenvalue weighted by atomic mass is 16.3. The standard InChI is InChI=1S/C25H18N6O/c26-14-16-3-7-18(8-4-16)21-11-12-22-25(29-21)31(19-9-5-17(15-32)6-10-19)24(30-22)20-2-1-13-28-23(20)27/h1-13,32H,15H2,(H2,27,28). The number of aliphatic hydroxyl groups is 1. The van der Waals surface area contributed by atoms with Crippen LogP contribution in [0.3, 0.4) is 0 Å². The van der Waals surface area contributed by atoms with Crippen molar-refractivity contribution in [3.8, 4) is 34.4 Å². The van der Waals surface area contributed by atoms with Gasteiger partial charge in [0.2, 0.25) is 0 Å². The Morgan fingerprint density at radius 2 is 1.72 bits per heavy atom. The van der Waals surface area contributed by atoms with Crippen LogP contribution < -0.4 is 5.73 Å². The number of hydrogen-bond acceptors (Lipinski definition) is 6. The molecule has 0 fully saturated rings. The summed E-state index contributed by atoms with van der Waals surface area (Å²) in [4.78, 5) is 13.9. The van der Waals surface area contributed by atoms with Crippen LogP contribution in [0.5, 0.6) is 0 Å². The molecule has 0 saturated carbocycles. The number of nitrogens with zero attached hydrogens (tertiary/aromatic N) is 5. The number of aromatic nitrogens is 4. The van der Waals surface area contributed by atoms with E-state index in [0.717, 1.165) is 22.5 Å². The quantitative estimate of drug-likeness (QED) is 0.454. The molecule has 0 radical (unpaired) electrons. The SMILES string of the molecule is N#Cc1ccc(-c2ccc3nc(-c4cccnc4N)n(-c4ccc(CO)cc4)c3n2)cc1. The minimum atomic E-state index is -0.0333. The summed E-state index contributed by atoms with van der Waals surface area (Å²) in [5.74, 6) is 1.01. The molecule has 32 heavy (non-hydrogen) atoms. The Morgan fingerprint density at radius 1 is 0.938 bits per heavy atom. The van der Waals surface area contributed by atoms with E-state index in [2.05, 4.69) is 11.1 Å². The largest absolute Gasteiger partial charge is 0.392 e. The Balaban J connectivity index is 1.75. The van der Waals surface area contributed by atoms with Crippen LogP contribution in [0.4, 0.5) is 5.82 Å². The van der Waals surface area contributed by atoms with Crippen molar-refractivity contribution >= 4 is 17.0 Å². The number of hydrogen-bond donors (Lipinski definition) is 2. The van der Waals surface area contributed by atoms with Crippen molar-refractivity contribution in [2.75, 3.05) is 5.73 Å². The summed E-state index contributed by atoms with van der Waals surface area (Å²) in [6, 6.07) is 24.5. The molecule has 154 valence electrons. The van der Waals surface area contributed by atoms with Crippen LogP contribution in [0.2, 0.25) is 0 Å². The van der Waals surface area contributed by atoms with Crippen molar-refractivity contribution in [2.24, 2.45) is 0 Å². The molecule has 0 aliphatic carbocycles. The lowest BCUT2D eigenvalue weighted by Gasteiger charge is -2.11. The monoisotopic (exact) mass is 418 g/mol. The number of aliphatic hydroxyl groups excluding tert-OH is 1. The van der Waals surface area contributed by atoms with Crippen molar-refractivity contribution in [2.45, 2.75) is 6.61 Å². The maximum atomic E-state index is 9.42. The summed E-state index contributed by atoms with van der Waals surface area (Å²) >= 11 is 0. The number of benzene rings is 2. The summed E-state index contributed by atoms with van der Waals surface area (Å²) in [6.45, 7) is -0.0333. The van der Waals surface area contributed by atoms with Gasteiger partial charge >= 0.3 is 0 Å². The van der Waals surface area contributed by atoms with E-state index in [0.29, 0.717) is 33.9 Å². The van der Waals surface area contributed by atoms with Gasteiger partial charge in [-0.05, 0) is 54.1 Å². The first-order chi connectivity index (χ1) is 15.7. The van der Waals surface area contributed by atoms with Gasteiger partial charge in [0.15, 0.2) is 11.5 Å². The predicted molar refractivity (Wildman–Crippen MR) is 123 cm³/mol. The van der Waals surface area contributed by atoms with Gasteiger partial charge in [-0.3, -0.25) is 4.57 Å². The molecule has 2 aromatic carbocycles. The van der Waals surface area contributed by atoms with Crippen molar-refractivity contribution in [1.29, 1.82) is 5.26 Å². The Bertz CT molecular complexity index is 1460. The minimum absolute atomic E-state index is 0.0333. The Morgan fingerprint density at radius 3 is 2.41 bits per heavy atom. The molecule has 3 N–H and O–H groups in total. The smallest absolute Gasteiger partial charge is 0.165 e. The van der Waals surface area contributed by atoms with Gasteiger partial charge in [-0.15, -0.1) is 0 Å². The van der Waals surface area contributed by atoms with Gasteiger partial charge < -0.3 is 10.8 Å². The number of nitriles is 1. The summed E-state index contributed by atoms with van der Waals surface area (Å²) in [6.07, 6.45) is 1.64. The summed E-state index contributed by atoms with van der Waals surface area (Å²) in [7, 11) is 0. The molecular formula is C25H18N6O. The van der Waals surface area contributed by atoms with E-state index in [9.17, 15) is 5.11 Å². The van der Waals surface area contributed by atoms with Crippen LogP contribution in [-0.4, -0.2) is 24.6 Å². The third-order valence-electron chi connectivity index (χ3n) is 5.27. The van der Waals surface area contributed by atoms with Gasteiger partial charge in [-0.1, -0.05) is 24.3 Å². The Kier molecular flexibility index (Phi) is 4.82. The van der Waals surface area contributed by atoms with Crippen LogP contribution in [0.25, 0.3) is 39.5 Å². The van der Waals surface area contributed by atoms with E-state index in [1.54, 1.807) is 18.3 Å². The van der Waals surface area contributed by atoms with E-state index in [4.69, 9.17) is 21.0 Å². The molecule has 0 bridgehead atoms. The first-order valence-electron chi connectivity index (χ1n) is 9.99. The summed E-state index contributed by atoms with van der Waals surface area (Å²) < 4.78 is 1.94. The average molecular weight is 418 g/mol. The molecule has 0 spiro atoms. The zero-order chi connectivity index (χ0) is 22.1. The van der Waals surface area contributed by atoms with E-state index < -0.39 is 0 Å². The fraction of sp³-hybridized carbons (Fsp3) is 0.0400. The van der Waals surface area contributed by atoms with Crippen molar-refractivity contribution in [3.63, 3.8) is 0 Å². The number of fused-ring (bicyclic) bond motifs is 1. The van der Waals surface area contributed by atoms with E-state index >= 15 is 0 Å². The first-order valence-corrected chi connectivity index (χ1v) is 9.99. The van der Waals surface area contributed by atoms with Crippen LogP contribution in [0.1, 0.15) is 11.1 Å². The molecule has 0 unspecified atom stereocenters. The van der Waals surface area contributed by atoms with Crippen LogP contribution in [0, 0.1) is 11.3 Å². The van der Waals surface area contributed by atoms with Gasteiger partial charge in [0.05, 0.1) is 29.5 Å². The number of nitrogen functional groups attached to an aromatic ring is 1. The summed E-state index contributed by atoms with van der Waals surface area (Å²) in [5.41, 5.74) is 12.2. The molecule has 5 aromatic rings. The molecule has 0 aliphatic heterocycles. The third-order valence-corrected chi connectivity index (χ3v) is 5.27. The second-order valence-electron chi connectivity index (χ2n) is 7.26. The normalized spacial score (nSPS) is 10.9. The topological polar surface area (TPSA) is 114 Å².